The predicted molar refractivity (Wildman–Crippen MR) is 93.8 cm³/mol. The van der Waals surface area contributed by atoms with Gasteiger partial charge < -0.3 is 19.8 Å². The van der Waals surface area contributed by atoms with Crippen LogP contribution in [0.4, 0.5) is 0 Å². The van der Waals surface area contributed by atoms with E-state index in [0.717, 1.165) is 5.39 Å². The first-order chi connectivity index (χ1) is 11.8. The van der Waals surface area contributed by atoms with E-state index in [1.807, 2.05) is 6.07 Å². The lowest BCUT2D eigenvalue weighted by Gasteiger charge is -2.17. The van der Waals surface area contributed by atoms with Crippen molar-refractivity contribution in [3.8, 4) is 17.6 Å². The fraction of sp³-hybridized carbons (Fsp3) is 0.389. The largest absolute Gasteiger partial charge is 0.493 e. The normalized spacial score (nSPS) is 11.0. The van der Waals surface area contributed by atoms with Crippen molar-refractivity contribution in [3.63, 3.8) is 0 Å². The number of fused-ring (bicyclic) bond motifs is 1. The highest BCUT2D eigenvalue weighted by Gasteiger charge is 2.19. The number of hydrogen-bond acceptors (Lipinski definition) is 5. The number of ether oxygens (including phenoxy) is 2. The molecule has 1 aromatic heterocycles. The number of benzene rings is 1. The molecule has 0 atom stereocenters. The summed E-state index contributed by atoms with van der Waals surface area (Å²) in [6.07, 6.45) is 0.389. The van der Waals surface area contributed by atoms with E-state index in [1.54, 1.807) is 32.0 Å². The van der Waals surface area contributed by atoms with Crippen molar-refractivity contribution in [1.29, 1.82) is 5.26 Å². The first-order valence-electron chi connectivity index (χ1n) is 7.80. The zero-order chi connectivity index (χ0) is 18.6. The Morgan fingerprint density at radius 3 is 2.48 bits per heavy atom. The molecule has 0 aliphatic heterocycles. The minimum atomic E-state index is -0.934. The van der Waals surface area contributed by atoms with E-state index < -0.39 is 5.54 Å². The van der Waals surface area contributed by atoms with Crippen LogP contribution in [0.3, 0.4) is 0 Å². The van der Waals surface area contributed by atoms with E-state index in [-0.39, 0.29) is 24.3 Å². The highest BCUT2D eigenvalue weighted by Crippen LogP contribution is 2.31. The third-order valence-corrected chi connectivity index (χ3v) is 3.78. The molecule has 0 aliphatic rings. The zero-order valence-electron chi connectivity index (χ0n) is 14.7. The van der Waals surface area contributed by atoms with Crippen LogP contribution in [0.5, 0.6) is 11.5 Å². The van der Waals surface area contributed by atoms with Crippen LogP contribution in [0.15, 0.2) is 23.0 Å². The van der Waals surface area contributed by atoms with E-state index >= 15 is 0 Å². The monoisotopic (exact) mass is 343 g/mol. The van der Waals surface area contributed by atoms with Gasteiger partial charge in [0.15, 0.2) is 11.5 Å². The number of aromatic nitrogens is 1. The molecule has 0 spiro atoms. The quantitative estimate of drug-likeness (QED) is 0.833. The topological polar surface area (TPSA) is 104 Å². The summed E-state index contributed by atoms with van der Waals surface area (Å²) in [5, 5.41) is 12.3. The van der Waals surface area contributed by atoms with Crippen molar-refractivity contribution in [2.75, 3.05) is 14.2 Å². The zero-order valence-corrected chi connectivity index (χ0v) is 14.7. The Balaban J connectivity index is 2.25. The van der Waals surface area contributed by atoms with Crippen molar-refractivity contribution >= 4 is 16.8 Å². The van der Waals surface area contributed by atoms with E-state index in [0.29, 0.717) is 22.6 Å². The second-order valence-corrected chi connectivity index (χ2v) is 6.20. The van der Waals surface area contributed by atoms with Crippen LogP contribution in [0.1, 0.15) is 25.8 Å². The highest BCUT2D eigenvalue weighted by atomic mass is 16.5. The number of H-pyrrole nitrogens is 1. The predicted octanol–water partition coefficient (Wildman–Crippen LogP) is 1.90. The van der Waals surface area contributed by atoms with Gasteiger partial charge in [0, 0.05) is 23.4 Å². The van der Waals surface area contributed by atoms with Crippen LogP contribution < -0.4 is 20.3 Å². The molecule has 0 saturated heterocycles. The molecule has 0 radical (unpaired) electrons. The summed E-state index contributed by atoms with van der Waals surface area (Å²) in [5.41, 5.74) is -0.0743. The summed E-state index contributed by atoms with van der Waals surface area (Å²) in [6, 6.07) is 7.21. The molecular formula is C18H21N3O4. The molecule has 25 heavy (non-hydrogen) atoms. The maximum absolute atomic E-state index is 12.2. The number of hydrogen-bond donors (Lipinski definition) is 2. The van der Waals surface area contributed by atoms with Crippen LogP contribution in [0.25, 0.3) is 10.9 Å². The van der Waals surface area contributed by atoms with Crippen LogP contribution in [0, 0.1) is 11.3 Å². The molecule has 0 aliphatic carbocycles. The van der Waals surface area contributed by atoms with Crippen LogP contribution in [-0.4, -0.2) is 30.6 Å². The Bertz CT molecular complexity index is 894. The molecular weight excluding hydrogens is 322 g/mol. The van der Waals surface area contributed by atoms with E-state index in [2.05, 4.69) is 10.3 Å². The number of nitrogens with one attached hydrogen (secondary N) is 2. The number of methoxy groups -OCH3 is 2. The molecule has 0 bridgehead atoms. The molecule has 7 heteroatoms. The van der Waals surface area contributed by atoms with E-state index in [4.69, 9.17) is 14.7 Å². The number of amides is 1. The number of pyridine rings is 1. The second-order valence-electron chi connectivity index (χ2n) is 6.20. The van der Waals surface area contributed by atoms with Gasteiger partial charge in [-0.1, -0.05) is 0 Å². The molecule has 132 valence electrons. The molecule has 1 amide bonds. The fourth-order valence-electron chi connectivity index (χ4n) is 2.45. The molecule has 7 nitrogen and oxygen atoms in total. The Morgan fingerprint density at radius 2 is 1.88 bits per heavy atom. The summed E-state index contributed by atoms with van der Waals surface area (Å²) in [4.78, 5) is 27.0. The molecule has 2 N–H and O–H groups in total. The number of nitrogens with zero attached hydrogens (tertiary/aromatic N) is 1. The minimum Gasteiger partial charge on any atom is -0.493 e. The summed E-state index contributed by atoms with van der Waals surface area (Å²) < 4.78 is 10.5. The smallest absolute Gasteiger partial charge is 0.251 e. The first kappa shape index (κ1) is 18.3. The van der Waals surface area contributed by atoms with E-state index in [1.165, 1.54) is 14.2 Å². The molecule has 2 rings (SSSR count). The lowest BCUT2D eigenvalue weighted by Crippen LogP contribution is -2.42. The molecule has 0 unspecified atom stereocenters. The van der Waals surface area contributed by atoms with Gasteiger partial charge in [-0.2, -0.15) is 5.26 Å². The lowest BCUT2D eigenvalue weighted by molar-refractivity contribution is -0.122. The fourth-order valence-corrected chi connectivity index (χ4v) is 2.45. The van der Waals surface area contributed by atoms with Gasteiger partial charge in [0.25, 0.3) is 5.56 Å². The first-order valence-corrected chi connectivity index (χ1v) is 7.80. The summed E-state index contributed by atoms with van der Waals surface area (Å²) in [5.74, 6) is 0.802. The average molecular weight is 343 g/mol. The second kappa shape index (κ2) is 7.26. The third-order valence-electron chi connectivity index (χ3n) is 3.78. The molecule has 0 saturated carbocycles. The Kier molecular flexibility index (Phi) is 5.32. The van der Waals surface area contributed by atoms with Gasteiger partial charge in [-0.05, 0) is 32.4 Å². The van der Waals surface area contributed by atoms with Crippen molar-refractivity contribution in [2.45, 2.75) is 32.2 Å². The number of carbonyl (C=O) groups is 1. The number of nitriles is 1. The van der Waals surface area contributed by atoms with Crippen molar-refractivity contribution in [1.82, 2.24) is 10.3 Å². The number of aryl methyl sites for hydroxylation is 1. The Hall–Kier alpha value is -3.01. The Morgan fingerprint density at radius 1 is 1.24 bits per heavy atom. The number of rotatable bonds is 6. The maximum atomic E-state index is 12.2. The van der Waals surface area contributed by atoms with Crippen molar-refractivity contribution in [3.05, 3.63) is 34.1 Å². The van der Waals surface area contributed by atoms with Gasteiger partial charge in [0.1, 0.15) is 5.54 Å². The van der Waals surface area contributed by atoms with Gasteiger partial charge in [-0.15, -0.1) is 0 Å². The van der Waals surface area contributed by atoms with Gasteiger partial charge in [-0.3, -0.25) is 9.59 Å². The number of carbonyl (C=O) groups excluding carboxylic acids is 1. The van der Waals surface area contributed by atoms with Crippen LogP contribution >= 0.6 is 0 Å². The molecule has 0 fully saturated rings. The van der Waals surface area contributed by atoms with Gasteiger partial charge in [-0.25, -0.2) is 0 Å². The van der Waals surface area contributed by atoms with Gasteiger partial charge in [0.05, 0.1) is 25.8 Å². The molecule has 2 aromatic rings. The highest BCUT2D eigenvalue weighted by molar-refractivity contribution is 5.83. The summed E-state index contributed by atoms with van der Waals surface area (Å²) >= 11 is 0. The Labute approximate surface area is 145 Å². The lowest BCUT2D eigenvalue weighted by atomic mass is 10.1. The van der Waals surface area contributed by atoms with Gasteiger partial charge >= 0.3 is 0 Å². The maximum Gasteiger partial charge on any atom is 0.251 e. The summed E-state index contributed by atoms with van der Waals surface area (Å²) in [7, 11) is 3.06. The minimum absolute atomic E-state index is 0.118. The van der Waals surface area contributed by atoms with Gasteiger partial charge in [0.2, 0.25) is 5.91 Å². The van der Waals surface area contributed by atoms with Crippen LogP contribution in [0.2, 0.25) is 0 Å². The van der Waals surface area contributed by atoms with E-state index in [9.17, 15) is 9.59 Å². The van der Waals surface area contributed by atoms with Crippen molar-refractivity contribution in [2.24, 2.45) is 0 Å². The number of aromatic amines is 1. The standard InChI is InChI=1S/C18H21N3O4/c1-18(2,10-19)21-16(22)6-5-11-7-12-8-14(24-3)15(25-4)9-13(12)20-17(11)23/h7-9H,5-6H2,1-4H3,(H,20,23)(H,21,22). The average Bonchev–Trinajstić information content (AvgIpc) is 2.58. The summed E-state index contributed by atoms with van der Waals surface area (Å²) in [6.45, 7) is 3.24. The van der Waals surface area contributed by atoms with Crippen molar-refractivity contribution < 1.29 is 14.3 Å². The SMILES string of the molecule is COc1cc2cc(CCC(=O)NC(C)(C)C#N)c(=O)[nH]c2cc1OC. The molecule has 1 heterocycles. The van der Waals surface area contributed by atoms with Crippen LogP contribution in [-0.2, 0) is 11.2 Å². The third kappa shape index (κ3) is 4.29. The molecule has 1 aromatic carbocycles.